The van der Waals surface area contributed by atoms with Gasteiger partial charge in [0.1, 0.15) is 5.76 Å². The van der Waals surface area contributed by atoms with Gasteiger partial charge >= 0.3 is 0 Å². The normalized spacial score (nSPS) is 14.4. The molecule has 1 rings (SSSR count). The molecule has 1 heterocycles. The smallest absolute Gasteiger partial charge is 0.220 e. The molecular formula is C14H25N3O2. The molecule has 0 saturated heterocycles. The Balaban J connectivity index is 2.34. The number of nitrogens with two attached hydrogens (primary N) is 1. The predicted octanol–water partition coefficient (Wildman–Crippen LogP) is 1.52. The van der Waals surface area contributed by atoms with Gasteiger partial charge in [-0.2, -0.15) is 0 Å². The topological polar surface area (TPSA) is 71.5 Å². The number of hydrogen-bond acceptors (Lipinski definition) is 4. The molecule has 0 aliphatic heterocycles. The summed E-state index contributed by atoms with van der Waals surface area (Å²) in [5.41, 5.74) is 5.65. The van der Waals surface area contributed by atoms with Gasteiger partial charge in [0.25, 0.3) is 0 Å². The second-order valence-corrected chi connectivity index (χ2v) is 5.17. The first-order chi connectivity index (χ1) is 9.00. The van der Waals surface area contributed by atoms with Crippen molar-refractivity contribution in [2.45, 2.75) is 38.3 Å². The van der Waals surface area contributed by atoms with Crippen LogP contribution in [-0.2, 0) is 4.79 Å². The molecule has 5 heteroatoms. The van der Waals surface area contributed by atoms with Gasteiger partial charge in [-0.05, 0) is 46.0 Å². The third-order valence-electron chi connectivity index (χ3n) is 3.05. The molecule has 0 fully saturated rings. The van der Waals surface area contributed by atoms with Gasteiger partial charge in [-0.1, -0.05) is 0 Å². The van der Waals surface area contributed by atoms with Crippen molar-refractivity contribution in [3.05, 3.63) is 24.2 Å². The zero-order valence-corrected chi connectivity index (χ0v) is 12.1. The van der Waals surface area contributed by atoms with Gasteiger partial charge in [-0.15, -0.1) is 0 Å². The first-order valence-corrected chi connectivity index (χ1v) is 6.72. The second-order valence-electron chi connectivity index (χ2n) is 5.17. The number of hydrogen-bond donors (Lipinski definition) is 2. The number of carbonyl (C=O) groups is 1. The Labute approximate surface area is 115 Å². The Hall–Kier alpha value is -1.33. The molecule has 2 atom stereocenters. The van der Waals surface area contributed by atoms with Gasteiger partial charge in [0.05, 0.1) is 12.3 Å². The lowest BCUT2D eigenvalue weighted by Crippen LogP contribution is -2.34. The lowest BCUT2D eigenvalue weighted by molar-refractivity contribution is -0.121. The van der Waals surface area contributed by atoms with Crippen molar-refractivity contribution >= 4 is 5.91 Å². The third-order valence-corrected chi connectivity index (χ3v) is 3.05. The van der Waals surface area contributed by atoms with Crippen LogP contribution in [0, 0.1) is 0 Å². The van der Waals surface area contributed by atoms with Crippen molar-refractivity contribution in [1.82, 2.24) is 10.2 Å². The molecular weight excluding hydrogens is 242 g/mol. The van der Waals surface area contributed by atoms with Crippen LogP contribution >= 0.6 is 0 Å². The molecule has 0 spiro atoms. The van der Waals surface area contributed by atoms with E-state index in [0.29, 0.717) is 13.0 Å². The van der Waals surface area contributed by atoms with E-state index in [-0.39, 0.29) is 18.0 Å². The quantitative estimate of drug-likeness (QED) is 0.749. The third kappa shape index (κ3) is 5.89. The van der Waals surface area contributed by atoms with Crippen molar-refractivity contribution in [2.24, 2.45) is 5.73 Å². The highest BCUT2D eigenvalue weighted by molar-refractivity contribution is 5.75. The summed E-state index contributed by atoms with van der Waals surface area (Å²) in [4.78, 5) is 13.7. The SMILES string of the molecule is CC(N)CCCC(=O)NCC(c1ccco1)N(C)C. The van der Waals surface area contributed by atoms with Gasteiger partial charge in [0.15, 0.2) is 0 Å². The highest BCUT2D eigenvalue weighted by Gasteiger charge is 2.17. The lowest BCUT2D eigenvalue weighted by Gasteiger charge is -2.22. The summed E-state index contributed by atoms with van der Waals surface area (Å²) in [6.07, 6.45) is 3.88. The molecule has 0 bridgehead atoms. The molecule has 1 amide bonds. The molecule has 108 valence electrons. The minimum atomic E-state index is 0.0624. The number of rotatable bonds is 8. The zero-order chi connectivity index (χ0) is 14.3. The average Bonchev–Trinajstić information content (AvgIpc) is 2.82. The summed E-state index contributed by atoms with van der Waals surface area (Å²) in [5, 5.41) is 2.94. The fourth-order valence-corrected chi connectivity index (χ4v) is 1.90. The highest BCUT2D eigenvalue weighted by Crippen LogP contribution is 2.17. The van der Waals surface area contributed by atoms with Crippen LogP contribution in [0.4, 0.5) is 0 Å². The molecule has 19 heavy (non-hydrogen) atoms. The number of furan rings is 1. The maximum absolute atomic E-state index is 11.7. The van der Waals surface area contributed by atoms with Crippen LogP contribution < -0.4 is 11.1 Å². The van der Waals surface area contributed by atoms with Crippen molar-refractivity contribution in [3.8, 4) is 0 Å². The van der Waals surface area contributed by atoms with Crippen LogP contribution in [-0.4, -0.2) is 37.5 Å². The highest BCUT2D eigenvalue weighted by atomic mass is 16.3. The number of carbonyl (C=O) groups excluding carboxylic acids is 1. The van der Waals surface area contributed by atoms with E-state index in [9.17, 15) is 4.79 Å². The molecule has 0 saturated carbocycles. The van der Waals surface area contributed by atoms with Crippen molar-refractivity contribution in [2.75, 3.05) is 20.6 Å². The predicted molar refractivity (Wildman–Crippen MR) is 75.6 cm³/mol. The van der Waals surface area contributed by atoms with Crippen molar-refractivity contribution < 1.29 is 9.21 Å². The Morgan fingerprint density at radius 1 is 1.53 bits per heavy atom. The van der Waals surface area contributed by atoms with Crippen LogP contribution in [0.2, 0.25) is 0 Å². The van der Waals surface area contributed by atoms with E-state index < -0.39 is 0 Å². The number of likely N-dealkylation sites (N-methyl/N-ethyl adjacent to an activating group) is 1. The maximum Gasteiger partial charge on any atom is 0.220 e. The zero-order valence-electron chi connectivity index (χ0n) is 12.1. The van der Waals surface area contributed by atoms with Crippen molar-refractivity contribution in [1.29, 1.82) is 0 Å². The molecule has 1 aromatic heterocycles. The van der Waals surface area contributed by atoms with Gasteiger partial charge in [-0.3, -0.25) is 9.69 Å². The number of amides is 1. The van der Waals surface area contributed by atoms with Crippen LogP contribution in [0.1, 0.15) is 38.0 Å². The first-order valence-electron chi connectivity index (χ1n) is 6.72. The molecule has 1 aromatic rings. The molecule has 2 unspecified atom stereocenters. The van der Waals surface area contributed by atoms with Gasteiger partial charge in [-0.25, -0.2) is 0 Å². The van der Waals surface area contributed by atoms with E-state index in [4.69, 9.17) is 10.2 Å². The molecule has 0 aromatic carbocycles. The fourth-order valence-electron chi connectivity index (χ4n) is 1.90. The maximum atomic E-state index is 11.7. The summed E-state index contributed by atoms with van der Waals surface area (Å²) >= 11 is 0. The second kappa shape index (κ2) is 7.96. The Morgan fingerprint density at radius 3 is 2.79 bits per heavy atom. The van der Waals surface area contributed by atoms with Crippen LogP contribution in [0.3, 0.4) is 0 Å². The number of nitrogens with one attached hydrogen (secondary N) is 1. The summed E-state index contributed by atoms with van der Waals surface area (Å²) in [7, 11) is 3.94. The van der Waals surface area contributed by atoms with Crippen molar-refractivity contribution in [3.63, 3.8) is 0 Å². The standard InChI is InChI=1S/C14H25N3O2/c1-11(15)6-4-8-14(18)16-10-12(17(2)3)13-7-5-9-19-13/h5,7,9,11-12H,4,6,8,10,15H2,1-3H3,(H,16,18). The lowest BCUT2D eigenvalue weighted by atomic mass is 10.1. The molecule has 0 aliphatic rings. The minimum absolute atomic E-state index is 0.0624. The minimum Gasteiger partial charge on any atom is -0.468 e. The largest absolute Gasteiger partial charge is 0.468 e. The van der Waals surface area contributed by atoms with Gasteiger partial charge in [0.2, 0.25) is 5.91 Å². The van der Waals surface area contributed by atoms with Gasteiger partial charge < -0.3 is 15.5 Å². The van der Waals surface area contributed by atoms with Crippen LogP contribution in [0.25, 0.3) is 0 Å². The van der Waals surface area contributed by atoms with E-state index in [1.165, 1.54) is 0 Å². The van der Waals surface area contributed by atoms with E-state index in [0.717, 1.165) is 18.6 Å². The number of nitrogens with zero attached hydrogens (tertiary/aromatic N) is 1. The fraction of sp³-hybridized carbons (Fsp3) is 0.643. The molecule has 0 aliphatic carbocycles. The first kappa shape index (κ1) is 15.7. The summed E-state index contributed by atoms with van der Waals surface area (Å²) < 4.78 is 5.39. The Bertz CT molecular complexity index is 361. The van der Waals surface area contributed by atoms with E-state index in [1.54, 1.807) is 6.26 Å². The Kier molecular flexibility index (Phi) is 6.59. The van der Waals surface area contributed by atoms with Crippen LogP contribution in [0.5, 0.6) is 0 Å². The van der Waals surface area contributed by atoms with Gasteiger partial charge in [0, 0.05) is 19.0 Å². The molecule has 3 N–H and O–H groups in total. The summed E-state index contributed by atoms with van der Waals surface area (Å²) in [5.74, 6) is 0.930. The summed E-state index contributed by atoms with van der Waals surface area (Å²) in [6.45, 7) is 2.51. The molecule has 0 radical (unpaired) electrons. The molecule has 5 nitrogen and oxygen atoms in total. The van der Waals surface area contributed by atoms with E-state index in [1.807, 2.05) is 38.1 Å². The summed E-state index contributed by atoms with van der Waals surface area (Å²) in [6, 6.07) is 4.00. The van der Waals surface area contributed by atoms with Crippen LogP contribution in [0.15, 0.2) is 22.8 Å². The van der Waals surface area contributed by atoms with E-state index in [2.05, 4.69) is 5.32 Å². The van der Waals surface area contributed by atoms with E-state index >= 15 is 0 Å². The average molecular weight is 267 g/mol. The Morgan fingerprint density at radius 2 is 2.26 bits per heavy atom. The monoisotopic (exact) mass is 267 g/mol.